The third-order valence-electron chi connectivity index (χ3n) is 6.91. The van der Waals surface area contributed by atoms with Gasteiger partial charge in [0.15, 0.2) is 5.78 Å². The smallest absolute Gasteiger partial charge is 0.173 e. The van der Waals surface area contributed by atoms with Crippen LogP contribution < -0.4 is 9.47 Å². The predicted molar refractivity (Wildman–Crippen MR) is 134 cm³/mol. The van der Waals surface area contributed by atoms with Gasteiger partial charge in [-0.1, -0.05) is 31.2 Å². The van der Waals surface area contributed by atoms with Crippen molar-refractivity contribution in [1.29, 1.82) is 0 Å². The van der Waals surface area contributed by atoms with Crippen molar-refractivity contribution in [2.45, 2.75) is 30.5 Å². The summed E-state index contributed by atoms with van der Waals surface area (Å²) in [7, 11) is 3.11. The number of aryl methyl sites for hydroxylation is 2. The number of alkyl halides is 2. The minimum absolute atomic E-state index is 0.146. The summed E-state index contributed by atoms with van der Waals surface area (Å²) in [5.41, 5.74) is 5.98. The molecule has 0 amide bonds. The number of para-hydroxylation sites is 1. The quantitative estimate of drug-likeness (QED) is 0.238. The van der Waals surface area contributed by atoms with Crippen molar-refractivity contribution >= 4 is 50.8 Å². The highest BCUT2D eigenvalue weighted by molar-refractivity contribution is 6.54. The SMILES string of the molecule is CCc1cc(C2C(C(=O)c3cc(OC)ccc3OC)C2(Cl)Cl)c2c([nH]c3ccccc32)c1C. The molecule has 1 saturated carbocycles. The zero-order valence-electron chi connectivity index (χ0n) is 19.0. The standard InChI is InChI=1S/C27H25Cl2NO3/c1-5-15-12-19(22-17-8-6-7-9-20(17)30-25(22)14(15)2)23-24(27(23,28)29)26(31)18-13-16(32-3)10-11-21(18)33-4/h6-13,23-24,30H,5H2,1-4H3. The van der Waals surface area contributed by atoms with Crippen LogP contribution in [0.2, 0.25) is 0 Å². The number of methoxy groups -OCH3 is 2. The third-order valence-corrected chi connectivity index (χ3v) is 7.85. The number of ether oxygens (including phenoxy) is 2. The second-order valence-corrected chi connectivity index (χ2v) is 10.0. The Hall–Kier alpha value is -2.69. The molecule has 6 heteroatoms. The lowest BCUT2D eigenvalue weighted by atomic mass is 9.93. The van der Waals surface area contributed by atoms with Gasteiger partial charge in [0.1, 0.15) is 15.8 Å². The number of benzene rings is 3. The number of aromatic amines is 1. The number of carbonyl (C=O) groups excluding carboxylic acids is 1. The lowest BCUT2D eigenvalue weighted by Gasteiger charge is -2.12. The molecule has 1 heterocycles. The fourth-order valence-corrected chi connectivity index (χ4v) is 5.89. The Labute approximate surface area is 202 Å². The number of aromatic nitrogens is 1. The van der Waals surface area contributed by atoms with E-state index in [1.54, 1.807) is 32.4 Å². The fourth-order valence-electron chi connectivity index (χ4n) is 5.08. The van der Waals surface area contributed by atoms with Crippen LogP contribution in [0.25, 0.3) is 21.8 Å². The van der Waals surface area contributed by atoms with Gasteiger partial charge in [-0.2, -0.15) is 0 Å². The van der Waals surface area contributed by atoms with E-state index >= 15 is 0 Å². The number of nitrogens with one attached hydrogen (secondary N) is 1. The summed E-state index contributed by atoms with van der Waals surface area (Å²) in [5.74, 6) is -0.0185. The van der Waals surface area contributed by atoms with Crippen LogP contribution in [0.3, 0.4) is 0 Å². The number of hydrogen-bond acceptors (Lipinski definition) is 3. The van der Waals surface area contributed by atoms with E-state index in [1.807, 2.05) is 12.1 Å². The summed E-state index contributed by atoms with van der Waals surface area (Å²) in [6.45, 7) is 4.26. The monoisotopic (exact) mass is 481 g/mol. The molecule has 0 saturated heterocycles. The average molecular weight is 482 g/mol. The molecule has 1 fully saturated rings. The zero-order chi connectivity index (χ0) is 23.5. The molecule has 4 nitrogen and oxygen atoms in total. The van der Waals surface area contributed by atoms with E-state index in [1.165, 1.54) is 11.1 Å². The molecule has 1 aromatic heterocycles. The van der Waals surface area contributed by atoms with Gasteiger partial charge in [0.05, 0.1) is 25.7 Å². The van der Waals surface area contributed by atoms with Crippen molar-refractivity contribution in [2.75, 3.05) is 14.2 Å². The van der Waals surface area contributed by atoms with Crippen molar-refractivity contribution in [3.05, 3.63) is 70.8 Å². The van der Waals surface area contributed by atoms with E-state index in [-0.39, 0.29) is 11.7 Å². The Morgan fingerprint density at radius 3 is 2.55 bits per heavy atom. The molecule has 0 bridgehead atoms. The highest BCUT2D eigenvalue weighted by atomic mass is 35.5. The second kappa shape index (κ2) is 7.96. The van der Waals surface area contributed by atoms with Crippen LogP contribution in [0.5, 0.6) is 11.5 Å². The summed E-state index contributed by atoms with van der Waals surface area (Å²) in [6.07, 6.45) is 0.872. The number of hydrogen-bond donors (Lipinski definition) is 1. The molecule has 2 atom stereocenters. The molecule has 1 aliphatic carbocycles. The predicted octanol–water partition coefficient (Wildman–Crippen LogP) is 6.98. The topological polar surface area (TPSA) is 51.3 Å². The minimum Gasteiger partial charge on any atom is -0.497 e. The molecule has 1 aliphatic rings. The number of carbonyl (C=O) groups is 1. The Balaban J connectivity index is 1.69. The van der Waals surface area contributed by atoms with Crippen LogP contribution >= 0.6 is 23.2 Å². The Bertz CT molecular complexity index is 1410. The summed E-state index contributed by atoms with van der Waals surface area (Å²) in [4.78, 5) is 17.3. The highest BCUT2D eigenvalue weighted by Crippen LogP contribution is 2.67. The first kappa shape index (κ1) is 22.1. The van der Waals surface area contributed by atoms with Gasteiger partial charge in [-0.3, -0.25) is 4.79 Å². The van der Waals surface area contributed by atoms with Gasteiger partial charge < -0.3 is 14.5 Å². The summed E-state index contributed by atoms with van der Waals surface area (Å²) in [6, 6.07) is 15.6. The van der Waals surface area contributed by atoms with E-state index in [2.05, 4.69) is 37.0 Å². The molecular weight excluding hydrogens is 457 g/mol. The van der Waals surface area contributed by atoms with Crippen LogP contribution in [0, 0.1) is 12.8 Å². The first-order valence-corrected chi connectivity index (χ1v) is 11.8. The maximum absolute atomic E-state index is 13.7. The molecule has 4 aromatic rings. The number of fused-ring (bicyclic) bond motifs is 3. The Morgan fingerprint density at radius 2 is 1.85 bits per heavy atom. The van der Waals surface area contributed by atoms with Crippen LogP contribution in [0.1, 0.15) is 39.9 Å². The molecule has 2 unspecified atom stereocenters. The molecule has 170 valence electrons. The molecule has 0 spiro atoms. The van der Waals surface area contributed by atoms with Crippen LogP contribution in [-0.4, -0.2) is 29.3 Å². The molecular formula is C27H25Cl2NO3. The molecule has 3 aromatic carbocycles. The highest BCUT2D eigenvalue weighted by Gasteiger charge is 2.68. The van der Waals surface area contributed by atoms with Crippen molar-refractivity contribution in [1.82, 2.24) is 4.98 Å². The van der Waals surface area contributed by atoms with Gasteiger partial charge in [0.25, 0.3) is 0 Å². The average Bonchev–Trinajstić information content (AvgIpc) is 3.19. The second-order valence-electron chi connectivity index (χ2n) is 8.58. The Morgan fingerprint density at radius 1 is 1.09 bits per heavy atom. The van der Waals surface area contributed by atoms with Gasteiger partial charge in [0, 0.05) is 27.7 Å². The van der Waals surface area contributed by atoms with E-state index in [0.717, 1.165) is 33.8 Å². The van der Waals surface area contributed by atoms with Crippen LogP contribution in [0.4, 0.5) is 0 Å². The molecule has 33 heavy (non-hydrogen) atoms. The molecule has 0 aliphatic heterocycles. The van der Waals surface area contributed by atoms with Crippen LogP contribution in [-0.2, 0) is 6.42 Å². The van der Waals surface area contributed by atoms with Gasteiger partial charge in [0.2, 0.25) is 0 Å². The normalized spacial score (nSPS) is 19.1. The van der Waals surface area contributed by atoms with Gasteiger partial charge in [-0.25, -0.2) is 0 Å². The maximum Gasteiger partial charge on any atom is 0.173 e. The van der Waals surface area contributed by atoms with Crippen LogP contribution in [0.15, 0.2) is 48.5 Å². The molecule has 0 radical (unpaired) electrons. The van der Waals surface area contributed by atoms with Crippen molar-refractivity contribution < 1.29 is 14.3 Å². The maximum atomic E-state index is 13.7. The lowest BCUT2D eigenvalue weighted by Crippen LogP contribution is -2.09. The largest absolute Gasteiger partial charge is 0.497 e. The molecule has 1 N–H and O–H groups in total. The number of halogens is 2. The van der Waals surface area contributed by atoms with Crippen molar-refractivity contribution in [3.8, 4) is 11.5 Å². The van der Waals surface area contributed by atoms with Gasteiger partial charge >= 0.3 is 0 Å². The summed E-state index contributed by atoms with van der Waals surface area (Å²) in [5, 5.41) is 2.19. The zero-order valence-corrected chi connectivity index (χ0v) is 20.5. The number of Topliss-reactive ketones (excluding diaryl/α,β-unsaturated/α-hetero) is 1. The number of H-pyrrole nitrogens is 1. The lowest BCUT2D eigenvalue weighted by molar-refractivity contribution is 0.0961. The van der Waals surface area contributed by atoms with Crippen molar-refractivity contribution in [2.24, 2.45) is 5.92 Å². The minimum atomic E-state index is -1.21. The van der Waals surface area contributed by atoms with Gasteiger partial charge in [-0.05, 0) is 54.3 Å². The third kappa shape index (κ3) is 3.31. The van der Waals surface area contributed by atoms with E-state index in [4.69, 9.17) is 32.7 Å². The van der Waals surface area contributed by atoms with E-state index < -0.39 is 10.3 Å². The number of ketones is 1. The first-order chi connectivity index (χ1) is 15.8. The summed E-state index contributed by atoms with van der Waals surface area (Å²) < 4.78 is 9.57. The van der Waals surface area contributed by atoms with Crippen molar-refractivity contribution in [3.63, 3.8) is 0 Å². The van der Waals surface area contributed by atoms with E-state index in [9.17, 15) is 4.79 Å². The number of rotatable bonds is 6. The summed E-state index contributed by atoms with van der Waals surface area (Å²) >= 11 is 13.7. The fraction of sp³-hybridized carbons (Fsp3) is 0.296. The Kier molecular flexibility index (Phi) is 5.34. The van der Waals surface area contributed by atoms with E-state index in [0.29, 0.717) is 17.1 Å². The molecule has 5 rings (SSSR count). The van der Waals surface area contributed by atoms with Gasteiger partial charge in [-0.15, -0.1) is 23.2 Å². The first-order valence-electron chi connectivity index (χ1n) is 11.0.